The normalized spacial score (nSPS) is 13.1. The molecule has 0 saturated carbocycles. The van der Waals surface area contributed by atoms with Gasteiger partial charge in [0.15, 0.2) is 17.2 Å². The van der Waals surface area contributed by atoms with E-state index in [1.165, 1.54) is 0 Å². The van der Waals surface area contributed by atoms with Gasteiger partial charge in [0.1, 0.15) is 0 Å². The minimum absolute atomic E-state index is 0.0631. The number of rotatable bonds is 4. The molecule has 1 aliphatic rings. The van der Waals surface area contributed by atoms with E-state index in [-0.39, 0.29) is 25.3 Å². The van der Waals surface area contributed by atoms with E-state index in [9.17, 15) is 18.3 Å². The summed E-state index contributed by atoms with van der Waals surface area (Å²) < 4.78 is 51.9. The maximum Gasteiger partial charge on any atom is 0.435 e. The number of alkyl halides is 3. The van der Waals surface area contributed by atoms with Crippen LogP contribution >= 0.6 is 11.6 Å². The van der Waals surface area contributed by atoms with Gasteiger partial charge in [0.05, 0.1) is 12.1 Å². The predicted octanol–water partition coefficient (Wildman–Crippen LogP) is 4.63. The van der Waals surface area contributed by atoms with E-state index >= 15 is 0 Å². The summed E-state index contributed by atoms with van der Waals surface area (Å²) >= 11 is 6.08. The summed E-state index contributed by atoms with van der Waals surface area (Å²) in [6.45, 7) is -0.0245. The van der Waals surface area contributed by atoms with Crippen LogP contribution in [0, 0.1) is 0 Å². The van der Waals surface area contributed by atoms with Gasteiger partial charge < -0.3 is 14.6 Å². The van der Waals surface area contributed by atoms with Crippen LogP contribution in [0.3, 0.4) is 0 Å². The molecule has 2 heterocycles. The molecular weight excluding hydrogens is 397 g/mol. The summed E-state index contributed by atoms with van der Waals surface area (Å²) in [5.41, 5.74) is -0.360. The van der Waals surface area contributed by atoms with Gasteiger partial charge >= 0.3 is 6.18 Å². The topological polar surface area (TPSA) is 56.5 Å². The fraction of sp³-hybridized carbons (Fsp3) is 0.211. The van der Waals surface area contributed by atoms with Crippen molar-refractivity contribution < 1.29 is 27.8 Å². The average Bonchev–Trinajstić information content (AvgIpc) is 3.22. The lowest BCUT2D eigenvalue weighted by atomic mass is 10.0. The zero-order chi connectivity index (χ0) is 19.9. The Labute approximate surface area is 162 Å². The summed E-state index contributed by atoms with van der Waals surface area (Å²) in [5, 5.41) is 14.5. The Hall–Kier alpha value is -2.87. The molecule has 3 aromatic rings. The van der Waals surface area contributed by atoms with Crippen molar-refractivity contribution in [3.05, 3.63) is 69.9 Å². The first kappa shape index (κ1) is 18.5. The van der Waals surface area contributed by atoms with E-state index in [1.54, 1.807) is 42.5 Å². The molecule has 146 valence electrons. The second-order valence-electron chi connectivity index (χ2n) is 6.26. The minimum atomic E-state index is -4.71. The third kappa shape index (κ3) is 3.47. The van der Waals surface area contributed by atoms with Crippen molar-refractivity contribution in [3.63, 3.8) is 0 Å². The van der Waals surface area contributed by atoms with Crippen molar-refractivity contribution in [2.24, 2.45) is 0 Å². The molecule has 1 aliphatic heterocycles. The number of aromatic nitrogens is 2. The lowest BCUT2D eigenvalue weighted by Crippen LogP contribution is -2.10. The molecule has 0 aliphatic carbocycles. The van der Waals surface area contributed by atoms with Crippen LogP contribution in [-0.4, -0.2) is 21.7 Å². The van der Waals surface area contributed by atoms with Crippen LogP contribution in [0.5, 0.6) is 17.4 Å². The number of ether oxygens (including phenoxy) is 2. The predicted molar refractivity (Wildman–Crippen MR) is 94.8 cm³/mol. The molecule has 0 spiro atoms. The van der Waals surface area contributed by atoms with E-state index in [4.69, 9.17) is 21.1 Å². The Balaban J connectivity index is 1.71. The Kier molecular flexibility index (Phi) is 4.58. The van der Waals surface area contributed by atoms with Crippen LogP contribution in [0.4, 0.5) is 13.2 Å². The number of fused-ring (bicyclic) bond motifs is 1. The zero-order valence-electron chi connectivity index (χ0n) is 14.3. The van der Waals surface area contributed by atoms with Gasteiger partial charge in [0.25, 0.3) is 0 Å². The van der Waals surface area contributed by atoms with Gasteiger partial charge in [-0.05, 0) is 29.3 Å². The first-order valence-corrected chi connectivity index (χ1v) is 8.68. The van der Waals surface area contributed by atoms with Gasteiger partial charge in [-0.1, -0.05) is 35.9 Å². The fourth-order valence-electron chi connectivity index (χ4n) is 3.03. The molecule has 0 saturated heterocycles. The summed E-state index contributed by atoms with van der Waals surface area (Å²) in [6.07, 6.45) is -4.88. The molecule has 9 heteroatoms. The van der Waals surface area contributed by atoms with Crippen LogP contribution in [0.15, 0.2) is 42.5 Å². The van der Waals surface area contributed by atoms with Crippen LogP contribution in [0.2, 0.25) is 5.02 Å². The number of nitrogens with zero attached hydrogens (tertiary/aromatic N) is 2. The molecule has 0 unspecified atom stereocenters. The molecule has 0 atom stereocenters. The molecule has 1 aromatic heterocycles. The summed E-state index contributed by atoms with van der Waals surface area (Å²) in [6, 6.07) is 11.5. The van der Waals surface area contributed by atoms with E-state index in [0.29, 0.717) is 27.6 Å². The molecule has 0 amide bonds. The third-order valence-corrected chi connectivity index (χ3v) is 4.75. The molecular formula is C19H14ClF3N2O3. The number of hydrogen-bond acceptors (Lipinski definition) is 4. The highest BCUT2D eigenvalue weighted by Crippen LogP contribution is 2.39. The van der Waals surface area contributed by atoms with E-state index in [0.717, 1.165) is 4.68 Å². The Morgan fingerprint density at radius 1 is 1.11 bits per heavy atom. The first-order valence-electron chi connectivity index (χ1n) is 8.30. The second kappa shape index (κ2) is 6.94. The Morgan fingerprint density at radius 3 is 2.61 bits per heavy atom. The number of hydrogen-bond donors (Lipinski definition) is 1. The van der Waals surface area contributed by atoms with E-state index in [1.807, 2.05) is 0 Å². The quantitative estimate of drug-likeness (QED) is 0.681. The second-order valence-corrected chi connectivity index (χ2v) is 6.67. The van der Waals surface area contributed by atoms with Crippen molar-refractivity contribution in [2.45, 2.75) is 19.1 Å². The van der Waals surface area contributed by atoms with Gasteiger partial charge in [0, 0.05) is 11.4 Å². The van der Waals surface area contributed by atoms with Gasteiger partial charge in [-0.3, -0.25) is 0 Å². The number of aromatic hydroxyl groups is 1. The standard InChI is InChI=1S/C19H14ClF3N2O3/c20-14-4-2-1-3-12(14)9-25-18(26)13(17(24-25)19(21,22)23)7-11-5-6-15-16(8-11)28-10-27-15/h1-6,8,26H,7,9-10H2. The van der Waals surface area contributed by atoms with Crippen LogP contribution in [-0.2, 0) is 19.1 Å². The molecule has 0 bridgehead atoms. The number of benzene rings is 2. The van der Waals surface area contributed by atoms with Gasteiger partial charge in [0.2, 0.25) is 12.7 Å². The highest BCUT2D eigenvalue weighted by atomic mass is 35.5. The maximum atomic E-state index is 13.5. The maximum absolute atomic E-state index is 13.5. The molecule has 1 N–H and O–H groups in total. The average molecular weight is 411 g/mol. The van der Waals surface area contributed by atoms with Crippen LogP contribution < -0.4 is 9.47 Å². The lowest BCUT2D eigenvalue weighted by Gasteiger charge is -2.07. The molecule has 0 radical (unpaired) electrons. The van der Waals surface area contributed by atoms with Crippen molar-refractivity contribution in [1.82, 2.24) is 9.78 Å². The van der Waals surface area contributed by atoms with Gasteiger partial charge in [-0.2, -0.15) is 18.3 Å². The largest absolute Gasteiger partial charge is 0.493 e. The van der Waals surface area contributed by atoms with Crippen molar-refractivity contribution in [3.8, 4) is 17.4 Å². The Bertz CT molecular complexity index is 1030. The highest BCUT2D eigenvalue weighted by Gasteiger charge is 2.39. The first-order chi connectivity index (χ1) is 13.3. The van der Waals surface area contributed by atoms with Gasteiger partial charge in [-0.15, -0.1) is 0 Å². The monoisotopic (exact) mass is 410 g/mol. The molecule has 5 nitrogen and oxygen atoms in total. The minimum Gasteiger partial charge on any atom is -0.493 e. The van der Waals surface area contributed by atoms with Crippen molar-refractivity contribution in [1.29, 1.82) is 0 Å². The van der Waals surface area contributed by atoms with Crippen LogP contribution in [0.1, 0.15) is 22.4 Å². The molecule has 28 heavy (non-hydrogen) atoms. The molecule has 2 aromatic carbocycles. The fourth-order valence-corrected chi connectivity index (χ4v) is 3.23. The smallest absolute Gasteiger partial charge is 0.435 e. The summed E-state index contributed by atoms with van der Waals surface area (Å²) in [7, 11) is 0. The van der Waals surface area contributed by atoms with Crippen molar-refractivity contribution in [2.75, 3.05) is 6.79 Å². The summed E-state index contributed by atoms with van der Waals surface area (Å²) in [4.78, 5) is 0. The third-order valence-electron chi connectivity index (χ3n) is 4.39. The molecule has 4 rings (SSSR count). The van der Waals surface area contributed by atoms with Crippen molar-refractivity contribution >= 4 is 11.6 Å². The Morgan fingerprint density at radius 2 is 1.86 bits per heavy atom. The molecule has 0 fully saturated rings. The lowest BCUT2D eigenvalue weighted by molar-refractivity contribution is -0.142. The highest BCUT2D eigenvalue weighted by molar-refractivity contribution is 6.31. The number of halogens is 4. The van der Waals surface area contributed by atoms with Crippen LogP contribution in [0.25, 0.3) is 0 Å². The van der Waals surface area contributed by atoms with E-state index in [2.05, 4.69) is 5.10 Å². The summed E-state index contributed by atoms with van der Waals surface area (Å²) in [5.74, 6) is 0.428. The van der Waals surface area contributed by atoms with E-state index < -0.39 is 17.8 Å². The van der Waals surface area contributed by atoms with Gasteiger partial charge in [-0.25, -0.2) is 4.68 Å². The zero-order valence-corrected chi connectivity index (χ0v) is 15.1. The SMILES string of the molecule is Oc1c(Cc2ccc3c(c2)OCO3)c(C(F)(F)F)nn1Cc1ccccc1Cl.